The first-order valence-electron chi connectivity index (χ1n) is 7.62. The van der Waals surface area contributed by atoms with Gasteiger partial charge >= 0.3 is 0 Å². The van der Waals surface area contributed by atoms with E-state index >= 15 is 0 Å². The number of rotatable bonds is 4. The van der Waals surface area contributed by atoms with E-state index in [0.29, 0.717) is 28.8 Å². The Kier molecular flexibility index (Phi) is 5.07. The summed E-state index contributed by atoms with van der Waals surface area (Å²) in [6.45, 7) is 0.673. The number of nitrogens with one attached hydrogen (secondary N) is 1. The van der Waals surface area contributed by atoms with Crippen LogP contribution in [-0.4, -0.2) is 18.4 Å². The maximum Gasteiger partial charge on any atom is 0.227 e. The molecule has 0 unspecified atom stereocenters. The molecule has 2 aromatic rings. The van der Waals surface area contributed by atoms with Gasteiger partial charge < -0.3 is 10.2 Å². The normalized spacial score (nSPS) is 17.2. The molecule has 1 aliphatic rings. The van der Waals surface area contributed by atoms with Crippen molar-refractivity contribution in [2.75, 3.05) is 11.4 Å². The van der Waals surface area contributed by atoms with Crippen molar-refractivity contribution in [3.05, 3.63) is 64.1 Å². The summed E-state index contributed by atoms with van der Waals surface area (Å²) in [7, 11) is 0. The average Bonchev–Trinajstić information content (AvgIpc) is 2.96. The van der Waals surface area contributed by atoms with Crippen molar-refractivity contribution >= 4 is 40.7 Å². The summed E-state index contributed by atoms with van der Waals surface area (Å²) in [6, 6.07) is 14.5. The standard InChI is InChI=1S/C18H16Cl2N2O2/c19-14-6-2-1-5-12(14)10-21-18(24)13-9-17(23)22(11-13)16-8-4-3-7-15(16)20/h1-8,13H,9-11H2,(H,21,24)/t13-/m0/s1. The quantitative estimate of drug-likeness (QED) is 0.901. The molecule has 1 heterocycles. The third-order valence-corrected chi connectivity index (χ3v) is 4.74. The Morgan fingerprint density at radius 2 is 1.75 bits per heavy atom. The van der Waals surface area contributed by atoms with Crippen molar-refractivity contribution in [1.82, 2.24) is 5.32 Å². The average molecular weight is 363 g/mol. The van der Waals surface area contributed by atoms with Crippen LogP contribution < -0.4 is 10.2 Å². The van der Waals surface area contributed by atoms with Crippen molar-refractivity contribution < 1.29 is 9.59 Å². The first kappa shape index (κ1) is 16.8. The highest BCUT2D eigenvalue weighted by atomic mass is 35.5. The number of amides is 2. The molecule has 0 aromatic heterocycles. The molecule has 0 aliphatic carbocycles. The van der Waals surface area contributed by atoms with Gasteiger partial charge in [0.15, 0.2) is 0 Å². The molecule has 0 spiro atoms. The molecule has 24 heavy (non-hydrogen) atoms. The molecule has 1 N–H and O–H groups in total. The van der Waals surface area contributed by atoms with Crippen molar-refractivity contribution in [3.63, 3.8) is 0 Å². The van der Waals surface area contributed by atoms with Gasteiger partial charge in [0.1, 0.15) is 0 Å². The van der Waals surface area contributed by atoms with Crippen LogP contribution in [0.1, 0.15) is 12.0 Å². The minimum Gasteiger partial charge on any atom is -0.352 e. The van der Waals surface area contributed by atoms with Gasteiger partial charge in [-0.15, -0.1) is 0 Å². The second-order valence-corrected chi connectivity index (χ2v) is 6.48. The van der Waals surface area contributed by atoms with Crippen LogP contribution in [0.25, 0.3) is 0 Å². The second-order valence-electron chi connectivity index (χ2n) is 5.67. The van der Waals surface area contributed by atoms with Gasteiger partial charge in [0.2, 0.25) is 11.8 Å². The van der Waals surface area contributed by atoms with Crippen LogP contribution in [0, 0.1) is 5.92 Å². The van der Waals surface area contributed by atoms with E-state index in [1.54, 1.807) is 29.2 Å². The summed E-state index contributed by atoms with van der Waals surface area (Å²) in [4.78, 5) is 26.2. The van der Waals surface area contributed by atoms with E-state index in [4.69, 9.17) is 23.2 Å². The van der Waals surface area contributed by atoms with E-state index in [9.17, 15) is 9.59 Å². The Morgan fingerprint density at radius 1 is 1.08 bits per heavy atom. The summed E-state index contributed by atoms with van der Waals surface area (Å²) < 4.78 is 0. The summed E-state index contributed by atoms with van der Waals surface area (Å²) in [5.41, 5.74) is 1.49. The topological polar surface area (TPSA) is 49.4 Å². The summed E-state index contributed by atoms with van der Waals surface area (Å²) in [5, 5.41) is 3.97. The molecule has 3 rings (SSSR count). The van der Waals surface area contributed by atoms with Crippen molar-refractivity contribution in [2.45, 2.75) is 13.0 Å². The minimum atomic E-state index is -0.392. The first-order chi connectivity index (χ1) is 11.6. The van der Waals surface area contributed by atoms with E-state index in [0.717, 1.165) is 5.56 Å². The van der Waals surface area contributed by atoms with Crippen LogP contribution in [0.4, 0.5) is 5.69 Å². The lowest BCUT2D eigenvalue weighted by Gasteiger charge is -2.18. The van der Waals surface area contributed by atoms with E-state index in [-0.39, 0.29) is 18.2 Å². The SMILES string of the molecule is O=C(NCc1ccccc1Cl)[C@H]1CC(=O)N(c2ccccc2Cl)C1. The Bertz CT molecular complexity index is 779. The number of carbonyl (C=O) groups excluding carboxylic acids is 2. The molecule has 1 saturated heterocycles. The van der Waals surface area contributed by atoms with Crippen molar-refractivity contribution in [2.24, 2.45) is 5.92 Å². The number of nitrogens with zero attached hydrogens (tertiary/aromatic N) is 1. The van der Waals surface area contributed by atoms with Gasteiger partial charge in [-0.3, -0.25) is 9.59 Å². The highest BCUT2D eigenvalue weighted by molar-refractivity contribution is 6.34. The Hall–Kier alpha value is -2.04. The van der Waals surface area contributed by atoms with Gasteiger partial charge in [-0.1, -0.05) is 53.5 Å². The Morgan fingerprint density at radius 3 is 2.46 bits per heavy atom. The number of hydrogen-bond acceptors (Lipinski definition) is 2. The fourth-order valence-electron chi connectivity index (χ4n) is 2.76. The number of carbonyl (C=O) groups is 2. The number of anilines is 1. The number of para-hydroxylation sites is 1. The summed E-state index contributed by atoms with van der Waals surface area (Å²) in [5.74, 6) is -0.643. The lowest BCUT2D eigenvalue weighted by Crippen LogP contribution is -2.32. The van der Waals surface area contributed by atoms with Crippen molar-refractivity contribution in [1.29, 1.82) is 0 Å². The Balaban J connectivity index is 1.64. The molecule has 1 fully saturated rings. The van der Waals surface area contributed by atoms with Crippen LogP contribution in [-0.2, 0) is 16.1 Å². The van der Waals surface area contributed by atoms with Gasteiger partial charge in [-0.05, 0) is 23.8 Å². The molecule has 1 atom stereocenters. The first-order valence-corrected chi connectivity index (χ1v) is 8.38. The van der Waals surface area contributed by atoms with E-state index < -0.39 is 5.92 Å². The molecule has 0 saturated carbocycles. The minimum absolute atomic E-state index is 0.0963. The van der Waals surface area contributed by atoms with Crippen LogP contribution >= 0.6 is 23.2 Å². The van der Waals surface area contributed by atoms with Gasteiger partial charge in [0.25, 0.3) is 0 Å². The predicted molar refractivity (Wildman–Crippen MR) is 95.2 cm³/mol. The largest absolute Gasteiger partial charge is 0.352 e. The fourth-order valence-corrected chi connectivity index (χ4v) is 3.20. The molecule has 4 nitrogen and oxygen atoms in total. The van der Waals surface area contributed by atoms with Crippen molar-refractivity contribution in [3.8, 4) is 0 Å². The van der Waals surface area contributed by atoms with Gasteiger partial charge in [0.05, 0.1) is 16.6 Å². The molecule has 0 bridgehead atoms. The highest BCUT2D eigenvalue weighted by Crippen LogP contribution is 2.31. The predicted octanol–water partition coefficient (Wildman–Crippen LogP) is 3.66. The van der Waals surface area contributed by atoms with Crippen LogP contribution in [0.5, 0.6) is 0 Å². The molecule has 6 heteroatoms. The van der Waals surface area contributed by atoms with E-state index in [1.807, 2.05) is 24.3 Å². The molecule has 0 radical (unpaired) electrons. The zero-order valence-electron chi connectivity index (χ0n) is 12.8. The number of benzene rings is 2. The fraction of sp³-hybridized carbons (Fsp3) is 0.222. The summed E-state index contributed by atoms with van der Waals surface area (Å²) >= 11 is 12.2. The molecule has 2 aromatic carbocycles. The highest BCUT2D eigenvalue weighted by Gasteiger charge is 2.35. The third-order valence-electron chi connectivity index (χ3n) is 4.05. The van der Waals surface area contributed by atoms with Gasteiger partial charge in [-0.25, -0.2) is 0 Å². The van der Waals surface area contributed by atoms with Gasteiger partial charge in [0, 0.05) is 24.5 Å². The van der Waals surface area contributed by atoms with E-state index in [2.05, 4.69) is 5.32 Å². The lowest BCUT2D eigenvalue weighted by molar-refractivity contribution is -0.126. The molecule has 1 aliphatic heterocycles. The lowest BCUT2D eigenvalue weighted by atomic mass is 10.1. The monoisotopic (exact) mass is 362 g/mol. The Labute approximate surface area is 150 Å². The van der Waals surface area contributed by atoms with Crippen LogP contribution in [0.2, 0.25) is 10.0 Å². The van der Waals surface area contributed by atoms with Crippen LogP contribution in [0.15, 0.2) is 48.5 Å². The number of halogens is 2. The summed E-state index contributed by atoms with van der Waals surface area (Å²) in [6.07, 6.45) is 0.180. The van der Waals surface area contributed by atoms with Gasteiger partial charge in [-0.2, -0.15) is 0 Å². The molecule has 124 valence electrons. The maximum absolute atomic E-state index is 12.4. The third kappa shape index (κ3) is 3.55. The zero-order chi connectivity index (χ0) is 17.1. The second kappa shape index (κ2) is 7.24. The molecule has 2 amide bonds. The number of hydrogen-bond donors (Lipinski definition) is 1. The smallest absolute Gasteiger partial charge is 0.227 e. The maximum atomic E-state index is 12.4. The molecular formula is C18H16Cl2N2O2. The van der Waals surface area contributed by atoms with E-state index in [1.165, 1.54) is 0 Å². The molecular weight excluding hydrogens is 347 g/mol. The zero-order valence-corrected chi connectivity index (χ0v) is 14.3. The van der Waals surface area contributed by atoms with Crippen LogP contribution in [0.3, 0.4) is 0 Å².